The molecule has 37 heavy (non-hydrogen) atoms. The van der Waals surface area contributed by atoms with Crippen LogP contribution in [-0.2, 0) is 28.5 Å². The lowest BCUT2D eigenvalue weighted by molar-refractivity contribution is -0.322. The second-order valence-corrected chi connectivity index (χ2v) is 7.76. The van der Waals surface area contributed by atoms with Crippen molar-refractivity contribution in [2.45, 2.75) is 81.1 Å². The molecule has 0 bridgehead atoms. The van der Waals surface area contributed by atoms with E-state index in [1.54, 1.807) is 0 Å². The van der Waals surface area contributed by atoms with E-state index in [2.05, 4.69) is 44.8 Å². The van der Waals surface area contributed by atoms with Gasteiger partial charge >= 0.3 is 11.9 Å². The minimum absolute atomic E-state index is 0.346. The Labute approximate surface area is 205 Å². The number of alkyl halides is 2. The third-order valence-corrected chi connectivity index (χ3v) is 5.38. The Morgan fingerprint density at radius 1 is 0.973 bits per heavy atom. The van der Waals surface area contributed by atoms with Gasteiger partial charge in [0.1, 0.15) is 18.3 Å². The SMILES string of the molecule is CC(=O)O[C@@H]1[C@@H](CN=[N+]=[N-])O[C@H](O[C@@H]2C(N=[N+]=[N-])CC(N=[N+]=[N-])[C@H](OC(C)=O)[C@H]2O)C(N=[N+]=[N-])C1(F)F. The monoisotopic (exact) mass is 530 g/mol. The molecule has 0 radical (unpaired) electrons. The fourth-order valence-corrected chi connectivity index (χ4v) is 3.98. The number of ether oxygens (including phenoxy) is 4. The lowest BCUT2D eigenvalue weighted by atomic mass is 9.84. The topological polar surface area (TPSA) is 286 Å². The lowest BCUT2D eigenvalue weighted by Gasteiger charge is -2.47. The number of halogens is 2. The molecule has 3 unspecified atom stereocenters. The summed E-state index contributed by atoms with van der Waals surface area (Å²) in [5.41, 5.74) is 35.3. The molecule has 2 fully saturated rings. The van der Waals surface area contributed by atoms with E-state index in [1.165, 1.54) is 0 Å². The van der Waals surface area contributed by atoms with Gasteiger partial charge in [-0.05, 0) is 28.5 Å². The van der Waals surface area contributed by atoms with E-state index >= 15 is 8.78 Å². The van der Waals surface area contributed by atoms with Crippen molar-refractivity contribution in [3.05, 3.63) is 41.8 Å². The van der Waals surface area contributed by atoms with E-state index < -0.39 is 79.3 Å². The van der Waals surface area contributed by atoms with Crippen LogP contribution >= 0.6 is 0 Å². The highest BCUT2D eigenvalue weighted by atomic mass is 19.3. The first-order chi connectivity index (χ1) is 17.5. The summed E-state index contributed by atoms with van der Waals surface area (Å²) < 4.78 is 51.4. The summed E-state index contributed by atoms with van der Waals surface area (Å²) in [5, 5.41) is 23.9. The van der Waals surface area contributed by atoms with E-state index in [1.807, 2.05) is 0 Å². The molecule has 2 aliphatic rings. The molecule has 1 saturated carbocycles. The van der Waals surface area contributed by atoms with Crippen molar-refractivity contribution in [2.24, 2.45) is 20.5 Å². The van der Waals surface area contributed by atoms with Crippen molar-refractivity contribution < 1.29 is 42.4 Å². The number of aliphatic hydroxyl groups is 1. The molecule has 21 heteroatoms. The molecular formula is C16H20F2N12O7. The Bertz CT molecular complexity index is 1070. The largest absolute Gasteiger partial charge is 0.459 e. The van der Waals surface area contributed by atoms with Crippen molar-refractivity contribution in [1.82, 2.24) is 0 Å². The smallest absolute Gasteiger partial charge is 0.303 e. The van der Waals surface area contributed by atoms with Gasteiger partial charge in [0.05, 0.1) is 24.7 Å². The first kappa shape index (κ1) is 29.2. The van der Waals surface area contributed by atoms with E-state index in [-0.39, 0.29) is 6.42 Å². The molecular weight excluding hydrogens is 510 g/mol. The highest BCUT2D eigenvalue weighted by Gasteiger charge is 2.62. The van der Waals surface area contributed by atoms with Gasteiger partial charge in [0.15, 0.2) is 18.4 Å². The summed E-state index contributed by atoms with van der Waals surface area (Å²) in [6.45, 7) is 1.06. The fraction of sp³-hybridized carbons (Fsp3) is 0.875. The van der Waals surface area contributed by atoms with Crippen molar-refractivity contribution >= 4 is 11.9 Å². The second kappa shape index (κ2) is 12.8. The number of carbonyl (C=O) groups excluding carboxylic acids is 2. The Kier molecular flexibility index (Phi) is 10.0. The quantitative estimate of drug-likeness (QED) is 0.201. The standard InChI is InChI=1S/C16H20F2N12O7/c1-5(31)34-11-7(24-28-20)3-8(25-29-21)12(10(11)33)37-15-13(26-30-22)16(17,18)14(35-6(2)32)9(36-15)4-23-27-19/h7-15,33H,3-4H2,1-2H3/t7?,8?,9-,10-,11+,12-,13?,14-,15-/m1/s1. The van der Waals surface area contributed by atoms with Crippen LogP contribution in [0.5, 0.6) is 0 Å². The minimum atomic E-state index is -4.15. The van der Waals surface area contributed by atoms with Crippen LogP contribution in [0.3, 0.4) is 0 Å². The van der Waals surface area contributed by atoms with Gasteiger partial charge in [-0.25, -0.2) is 8.78 Å². The van der Waals surface area contributed by atoms with Crippen LogP contribution in [0.2, 0.25) is 0 Å². The van der Waals surface area contributed by atoms with Crippen LogP contribution in [0.25, 0.3) is 41.8 Å². The predicted molar refractivity (Wildman–Crippen MR) is 113 cm³/mol. The van der Waals surface area contributed by atoms with Gasteiger partial charge in [-0.3, -0.25) is 9.59 Å². The Hall–Kier alpha value is -4.08. The lowest BCUT2D eigenvalue weighted by Crippen LogP contribution is -2.66. The maximum absolute atomic E-state index is 15.4. The van der Waals surface area contributed by atoms with E-state index in [4.69, 9.17) is 36.3 Å². The maximum Gasteiger partial charge on any atom is 0.303 e. The van der Waals surface area contributed by atoms with Crippen molar-refractivity contribution in [3.63, 3.8) is 0 Å². The summed E-state index contributed by atoms with van der Waals surface area (Å²) in [6.07, 6.45) is -11.9. The van der Waals surface area contributed by atoms with Crippen LogP contribution in [0.15, 0.2) is 20.5 Å². The number of azide groups is 4. The van der Waals surface area contributed by atoms with Gasteiger partial charge in [-0.1, -0.05) is 20.5 Å². The molecule has 0 aromatic rings. The second-order valence-electron chi connectivity index (χ2n) is 7.76. The molecule has 0 aromatic heterocycles. The van der Waals surface area contributed by atoms with Gasteiger partial charge in [0.25, 0.3) is 5.92 Å². The van der Waals surface area contributed by atoms with Gasteiger partial charge in [-0.2, -0.15) is 0 Å². The number of hydrogen-bond donors (Lipinski definition) is 1. The molecule has 1 saturated heterocycles. The molecule has 200 valence electrons. The van der Waals surface area contributed by atoms with Crippen LogP contribution < -0.4 is 0 Å². The van der Waals surface area contributed by atoms with Crippen LogP contribution in [0, 0.1) is 0 Å². The molecule has 1 N–H and O–H groups in total. The zero-order valence-corrected chi connectivity index (χ0v) is 19.1. The number of rotatable bonds is 9. The molecule has 2 rings (SSSR count). The number of nitrogens with zero attached hydrogens (tertiary/aromatic N) is 12. The maximum atomic E-state index is 15.4. The first-order valence-electron chi connectivity index (χ1n) is 10.4. The van der Waals surface area contributed by atoms with E-state index in [9.17, 15) is 14.7 Å². The normalized spacial score (nSPS) is 34.2. The minimum Gasteiger partial charge on any atom is -0.459 e. The molecule has 0 aromatic carbocycles. The molecule has 19 nitrogen and oxygen atoms in total. The van der Waals surface area contributed by atoms with Crippen LogP contribution in [-0.4, -0.2) is 84.4 Å². The summed E-state index contributed by atoms with van der Waals surface area (Å²) >= 11 is 0. The number of hydrogen-bond acceptors (Lipinski definition) is 11. The third kappa shape index (κ3) is 6.78. The summed E-state index contributed by atoms with van der Waals surface area (Å²) in [7, 11) is 0. The van der Waals surface area contributed by atoms with E-state index in [0.29, 0.717) is 0 Å². The Morgan fingerprint density at radius 3 is 2.05 bits per heavy atom. The molecule has 9 atom stereocenters. The van der Waals surface area contributed by atoms with Crippen molar-refractivity contribution in [2.75, 3.05) is 6.54 Å². The van der Waals surface area contributed by atoms with Crippen molar-refractivity contribution in [1.29, 1.82) is 0 Å². The summed E-state index contributed by atoms with van der Waals surface area (Å²) in [5.74, 6) is -6.18. The highest BCUT2D eigenvalue weighted by Crippen LogP contribution is 2.41. The van der Waals surface area contributed by atoms with Crippen molar-refractivity contribution in [3.8, 4) is 0 Å². The first-order valence-corrected chi connectivity index (χ1v) is 10.4. The Morgan fingerprint density at radius 2 is 1.54 bits per heavy atom. The average molecular weight is 530 g/mol. The summed E-state index contributed by atoms with van der Waals surface area (Å²) in [6, 6.07) is -5.09. The molecule has 0 spiro atoms. The molecule has 0 amide bonds. The predicted octanol–water partition coefficient (Wildman–Crippen LogP) is 2.71. The van der Waals surface area contributed by atoms with Gasteiger partial charge in [0.2, 0.25) is 0 Å². The molecule has 1 heterocycles. The zero-order valence-electron chi connectivity index (χ0n) is 19.1. The van der Waals surface area contributed by atoms with Gasteiger partial charge in [0, 0.05) is 33.5 Å². The van der Waals surface area contributed by atoms with Gasteiger partial charge in [-0.15, -0.1) is 0 Å². The molecule has 1 aliphatic heterocycles. The average Bonchev–Trinajstić information content (AvgIpc) is 2.81. The highest BCUT2D eigenvalue weighted by molar-refractivity contribution is 5.66. The fourth-order valence-electron chi connectivity index (χ4n) is 3.98. The van der Waals surface area contributed by atoms with Crippen LogP contribution in [0.1, 0.15) is 20.3 Å². The zero-order chi connectivity index (χ0) is 27.8. The van der Waals surface area contributed by atoms with E-state index in [0.717, 1.165) is 13.8 Å². The summed E-state index contributed by atoms with van der Waals surface area (Å²) in [4.78, 5) is 33.0. The number of aliphatic hydroxyl groups excluding tert-OH is 1. The van der Waals surface area contributed by atoms with Crippen LogP contribution in [0.4, 0.5) is 8.78 Å². The Balaban J connectivity index is 2.52. The number of esters is 2. The van der Waals surface area contributed by atoms with Gasteiger partial charge < -0.3 is 24.1 Å². The number of carbonyl (C=O) groups is 2. The molecule has 1 aliphatic carbocycles. The third-order valence-electron chi connectivity index (χ3n) is 5.38.